The first-order valence-electron chi connectivity index (χ1n) is 11.7. The Balaban J connectivity index is 1.27. The van der Waals surface area contributed by atoms with Crippen LogP contribution in [0, 0.1) is 0 Å². The van der Waals surface area contributed by atoms with E-state index < -0.39 is 0 Å². The van der Waals surface area contributed by atoms with Gasteiger partial charge in [0.2, 0.25) is 0 Å². The van der Waals surface area contributed by atoms with Crippen molar-refractivity contribution in [2.75, 3.05) is 0 Å². The van der Waals surface area contributed by atoms with Crippen molar-refractivity contribution >= 4 is 12.1 Å². The Bertz CT molecular complexity index is 1180. The molecule has 0 bridgehead atoms. The summed E-state index contributed by atoms with van der Waals surface area (Å²) in [6, 6.07) is 26.5. The third kappa shape index (κ3) is 7.66. The van der Waals surface area contributed by atoms with E-state index in [2.05, 4.69) is 31.2 Å². The third-order valence-electron chi connectivity index (χ3n) is 5.41. The summed E-state index contributed by atoms with van der Waals surface area (Å²) in [7, 11) is 0. The number of rotatable bonds is 9. The van der Waals surface area contributed by atoms with E-state index in [-0.39, 0.29) is 12.1 Å². The molecule has 0 saturated carbocycles. The Labute approximate surface area is 210 Å². The number of carbonyl (C=O) groups is 2. The lowest BCUT2D eigenvalue weighted by atomic mass is 10.1. The second-order valence-electron chi connectivity index (χ2n) is 8.14. The predicted molar refractivity (Wildman–Crippen MR) is 139 cm³/mol. The zero-order valence-corrected chi connectivity index (χ0v) is 19.8. The number of carbonyl (C=O) groups excluding carboxylic acids is 2. The zero-order chi connectivity index (χ0) is 25.0. The maximum Gasteiger partial charge on any atom is 0.315 e. The lowest BCUT2D eigenvalue weighted by molar-refractivity contribution is 0.239. The minimum Gasteiger partial charge on any atom is -0.334 e. The lowest BCUT2D eigenvalue weighted by Crippen LogP contribution is -2.34. The van der Waals surface area contributed by atoms with Gasteiger partial charge in [0.25, 0.3) is 0 Å². The smallest absolute Gasteiger partial charge is 0.315 e. The van der Waals surface area contributed by atoms with Gasteiger partial charge in [0.05, 0.1) is 11.4 Å². The Hall–Kier alpha value is -4.72. The molecule has 0 saturated heterocycles. The summed E-state index contributed by atoms with van der Waals surface area (Å²) in [4.78, 5) is 33.2. The molecule has 2 heterocycles. The van der Waals surface area contributed by atoms with E-state index in [4.69, 9.17) is 0 Å². The number of hydrogen-bond donors (Lipinski definition) is 4. The molecular weight excluding hydrogens is 452 g/mol. The minimum absolute atomic E-state index is 0.242. The van der Waals surface area contributed by atoms with E-state index in [1.807, 2.05) is 84.9 Å². The van der Waals surface area contributed by atoms with E-state index in [1.165, 1.54) is 0 Å². The maximum absolute atomic E-state index is 12.2. The van der Waals surface area contributed by atoms with E-state index in [0.717, 1.165) is 22.3 Å². The minimum atomic E-state index is -0.242. The highest BCUT2D eigenvalue weighted by Gasteiger charge is 2.07. The number of urea groups is 2. The first-order valence-corrected chi connectivity index (χ1v) is 11.7. The number of amides is 4. The van der Waals surface area contributed by atoms with Crippen molar-refractivity contribution in [2.24, 2.45) is 0 Å². The SMILES string of the molecule is O=C(NCc1ccccc1)NCc1ccnc(-c2cc(CNC(=O)NCc3ccccc3)ccn2)c1. The average Bonchev–Trinajstić information content (AvgIpc) is 2.94. The fourth-order valence-corrected chi connectivity index (χ4v) is 3.49. The molecule has 4 aromatic rings. The van der Waals surface area contributed by atoms with Crippen molar-refractivity contribution in [3.63, 3.8) is 0 Å². The van der Waals surface area contributed by atoms with Crippen LogP contribution in [0.2, 0.25) is 0 Å². The third-order valence-corrected chi connectivity index (χ3v) is 5.41. The molecule has 8 heteroatoms. The van der Waals surface area contributed by atoms with Crippen LogP contribution in [0.15, 0.2) is 97.3 Å². The second-order valence-corrected chi connectivity index (χ2v) is 8.14. The molecule has 2 aromatic carbocycles. The molecule has 0 aliphatic carbocycles. The molecule has 4 rings (SSSR count). The molecular formula is C28H28N6O2. The zero-order valence-electron chi connectivity index (χ0n) is 19.8. The van der Waals surface area contributed by atoms with Gasteiger partial charge in [0.1, 0.15) is 0 Å². The summed E-state index contributed by atoms with van der Waals surface area (Å²) in [6.45, 7) is 1.64. The van der Waals surface area contributed by atoms with Gasteiger partial charge >= 0.3 is 12.1 Å². The molecule has 8 nitrogen and oxygen atoms in total. The van der Waals surface area contributed by atoms with Gasteiger partial charge < -0.3 is 21.3 Å². The molecule has 0 spiro atoms. The quantitative estimate of drug-likeness (QED) is 0.289. The number of pyridine rings is 2. The molecule has 182 valence electrons. The first kappa shape index (κ1) is 24.4. The molecule has 0 atom stereocenters. The number of benzene rings is 2. The average molecular weight is 481 g/mol. The largest absolute Gasteiger partial charge is 0.334 e. The Morgan fingerprint density at radius 2 is 0.861 bits per heavy atom. The van der Waals surface area contributed by atoms with E-state index in [1.54, 1.807) is 12.4 Å². The molecule has 0 aliphatic rings. The molecule has 4 amide bonds. The number of aromatic nitrogens is 2. The van der Waals surface area contributed by atoms with E-state index in [9.17, 15) is 9.59 Å². The summed E-state index contributed by atoms with van der Waals surface area (Å²) in [5.74, 6) is 0. The molecule has 36 heavy (non-hydrogen) atoms. The topological polar surface area (TPSA) is 108 Å². The lowest BCUT2D eigenvalue weighted by Gasteiger charge is -2.10. The maximum atomic E-state index is 12.2. The Morgan fingerprint density at radius 1 is 0.500 bits per heavy atom. The van der Waals surface area contributed by atoms with Crippen LogP contribution < -0.4 is 21.3 Å². The van der Waals surface area contributed by atoms with Crippen molar-refractivity contribution in [1.29, 1.82) is 0 Å². The van der Waals surface area contributed by atoms with Crippen LogP contribution in [0.4, 0.5) is 9.59 Å². The predicted octanol–water partition coefficient (Wildman–Crippen LogP) is 4.14. The summed E-state index contributed by atoms with van der Waals surface area (Å²) < 4.78 is 0. The van der Waals surface area contributed by atoms with Gasteiger partial charge in [-0.25, -0.2) is 9.59 Å². The first-order chi connectivity index (χ1) is 17.7. The molecule has 0 radical (unpaired) electrons. The van der Waals surface area contributed by atoms with Crippen molar-refractivity contribution in [3.8, 4) is 11.4 Å². The van der Waals surface area contributed by atoms with Crippen molar-refractivity contribution < 1.29 is 9.59 Å². The van der Waals surface area contributed by atoms with Gasteiger partial charge in [-0.1, -0.05) is 60.7 Å². The normalized spacial score (nSPS) is 10.3. The fraction of sp³-hybridized carbons (Fsp3) is 0.143. The van der Waals surface area contributed by atoms with Crippen molar-refractivity contribution in [3.05, 3.63) is 120 Å². The van der Waals surface area contributed by atoms with Crippen LogP contribution in [0.5, 0.6) is 0 Å². The van der Waals surface area contributed by atoms with Gasteiger partial charge in [-0.05, 0) is 46.5 Å². The standard InChI is InChI=1S/C28H28N6O2/c35-27(31-17-21-7-3-1-4-8-21)33-19-23-11-13-29-25(15-23)26-16-24(12-14-30-26)20-34-28(36)32-18-22-9-5-2-6-10-22/h1-16H,17-20H2,(H2,31,33,35)(H2,32,34,36). The summed E-state index contributed by atoms with van der Waals surface area (Å²) in [6.07, 6.45) is 3.38. The van der Waals surface area contributed by atoms with Crippen molar-refractivity contribution in [1.82, 2.24) is 31.2 Å². The summed E-state index contributed by atoms with van der Waals surface area (Å²) in [5.41, 5.74) is 5.26. The number of nitrogens with one attached hydrogen (secondary N) is 4. The van der Waals surface area contributed by atoms with Crippen LogP contribution >= 0.6 is 0 Å². The second kappa shape index (κ2) is 12.7. The highest BCUT2D eigenvalue weighted by atomic mass is 16.2. The Kier molecular flexibility index (Phi) is 8.58. The summed E-state index contributed by atoms with van der Waals surface area (Å²) >= 11 is 0. The number of nitrogens with zero attached hydrogens (tertiary/aromatic N) is 2. The monoisotopic (exact) mass is 480 g/mol. The summed E-state index contributed by atoms with van der Waals surface area (Å²) in [5, 5.41) is 11.4. The molecule has 0 fully saturated rings. The fourth-order valence-electron chi connectivity index (χ4n) is 3.49. The Morgan fingerprint density at radius 3 is 1.25 bits per heavy atom. The highest BCUT2D eigenvalue weighted by molar-refractivity contribution is 5.74. The molecule has 0 unspecified atom stereocenters. The van der Waals surface area contributed by atoms with E-state index in [0.29, 0.717) is 37.6 Å². The van der Waals surface area contributed by atoms with Crippen LogP contribution in [-0.2, 0) is 26.2 Å². The molecule has 4 N–H and O–H groups in total. The molecule has 0 aliphatic heterocycles. The van der Waals surface area contributed by atoms with Crippen LogP contribution in [0.25, 0.3) is 11.4 Å². The van der Waals surface area contributed by atoms with Gasteiger partial charge in [-0.15, -0.1) is 0 Å². The van der Waals surface area contributed by atoms with Gasteiger partial charge in [0, 0.05) is 38.6 Å². The van der Waals surface area contributed by atoms with Crippen LogP contribution in [0.3, 0.4) is 0 Å². The van der Waals surface area contributed by atoms with Crippen LogP contribution in [0.1, 0.15) is 22.3 Å². The van der Waals surface area contributed by atoms with Gasteiger partial charge in [-0.3, -0.25) is 9.97 Å². The van der Waals surface area contributed by atoms with Gasteiger partial charge in [-0.2, -0.15) is 0 Å². The highest BCUT2D eigenvalue weighted by Crippen LogP contribution is 2.17. The van der Waals surface area contributed by atoms with Crippen molar-refractivity contribution in [2.45, 2.75) is 26.2 Å². The molecule has 2 aromatic heterocycles. The van der Waals surface area contributed by atoms with E-state index >= 15 is 0 Å². The number of hydrogen-bond acceptors (Lipinski definition) is 4. The van der Waals surface area contributed by atoms with Crippen LogP contribution in [-0.4, -0.2) is 22.0 Å². The van der Waals surface area contributed by atoms with Gasteiger partial charge in [0.15, 0.2) is 0 Å².